The summed E-state index contributed by atoms with van der Waals surface area (Å²) in [5.74, 6) is -2.70. The van der Waals surface area contributed by atoms with Gasteiger partial charge in [0.25, 0.3) is 11.8 Å². The van der Waals surface area contributed by atoms with Crippen molar-refractivity contribution in [1.29, 1.82) is 0 Å². The Morgan fingerprint density at radius 1 is 0.963 bits per heavy atom. The Morgan fingerprint density at radius 2 is 1.80 bits per heavy atom. The highest BCUT2D eigenvalue weighted by atomic mass is 32.2. The maximum atomic E-state index is 14.6. The highest BCUT2D eigenvalue weighted by molar-refractivity contribution is 7.91. The lowest BCUT2D eigenvalue weighted by atomic mass is 10.0. The fraction of sp³-hybridized carbons (Fsp3) is 0.432. The summed E-state index contributed by atoms with van der Waals surface area (Å²) in [6, 6.07) is 5.34. The number of nitrogens with zero attached hydrogens (tertiary/aromatic N) is 6. The molecule has 17 heteroatoms. The average molecular weight is 754 g/mol. The van der Waals surface area contributed by atoms with Gasteiger partial charge in [0.15, 0.2) is 5.65 Å². The number of pyridine rings is 1. The Bertz CT molecular complexity index is 2270. The van der Waals surface area contributed by atoms with Crippen LogP contribution in [-0.2, 0) is 24.4 Å². The second kappa shape index (κ2) is 14.3. The van der Waals surface area contributed by atoms with Crippen LogP contribution in [0.4, 0.5) is 0 Å². The molecule has 0 bridgehead atoms. The largest absolute Gasteiger partial charge is 0.472 e. The molecule has 3 aromatic heterocycles. The molecule has 54 heavy (non-hydrogen) atoms. The van der Waals surface area contributed by atoms with Gasteiger partial charge in [-0.2, -0.15) is 4.98 Å². The molecule has 3 fully saturated rings. The number of fused-ring (bicyclic) bond motifs is 5. The number of benzene rings is 1. The zero-order chi connectivity index (χ0) is 37.5. The summed E-state index contributed by atoms with van der Waals surface area (Å²) in [6.45, 7) is -0.0369. The van der Waals surface area contributed by atoms with Gasteiger partial charge in [-0.15, -0.1) is 0 Å². The number of sulfonamides is 1. The third-order valence-electron chi connectivity index (χ3n) is 10.6. The first-order valence-electron chi connectivity index (χ1n) is 18.2. The molecule has 1 saturated heterocycles. The summed E-state index contributed by atoms with van der Waals surface area (Å²) < 4.78 is 34.4. The predicted octanol–water partition coefficient (Wildman–Crippen LogP) is 2.12. The highest BCUT2D eigenvalue weighted by Crippen LogP contribution is 2.46. The molecule has 5 heterocycles. The molecule has 2 saturated carbocycles. The van der Waals surface area contributed by atoms with Crippen molar-refractivity contribution in [2.24, 2.45) is 5.92 Å². The lowest BCUT2D eigenvalue weighted by Crippen LogP contribution is -2.58. The Morgan fingerprint density at radius 3 is 2.59 bits per heavy atom. The lowest BCUT2D eigenvalue weighted by Gasteiger charge is -2.29. The molecule has 4 aliphatic rings. The third kappa shape index (κ3) is 7.07. The van der Waals surface area contributed by atoms with Gasteiger partial charge in [0.2, 0.25) is 27.7 Å². The smallest absolute Gasteiger partial charge is 0.272 e. The van der Waals surface area contributed by atoms with Crippen LogP contribution in [0.25, 0.3) is 21.8 Å². The number of aromatic nitrogens is 5. The topological polar surface area (TPSA) is 215 Å². The second-order valence-corrected chi connectivity index (χ2v) is 16.3. The first-order chi connectivity index (χ1) is 26.1. The van der Waals surface area contributed by atoms with Crippen LogP contribution in [-0.4, -0.2) is 97.4 Å². The van der Waals surface area contributed by atoms with Crippen molar-refractivity contribution in [3.8, 4) is 5.88 Å². The van der Waals surface area contributed by atoms with Crippen LogP contribution < -0.4 is 20.1 Å². The Kier molecular flexibility index (Phi) is 9.41. The fourth-order valence-electron chi connectivity index (χ4n) is 7.41. The van der Waals surface area contributed by atoms with Crippen LogP contribution >= 0.6 is 0 Å². The average Bonchev–Trinajstić information content (AvgIpc) is 4.11. The summed E-state index contributed by atoms with van der Waals surface area (Å²) in [4.78, 5) is 78.6. The molecule has 5 atom stereocenters. The van der Waals surface area contributed by atoms with E-state index in [1.165, 1.54) is 29.8 Å². The monoisotopic (exact) mass is 753 g/mol. The van der Waals surface area contributed by atoms with E-state index in [1.54, 1.807) is 6.20 Å². The molecule has 4 amide bonds. The molecule has 1 aromatic carbocycles. The molecule has 4 aromatic rings. The number of rotatable bonds is 7. The minimum atomic E-state index is -3.90. The van der Waals surface area contributed by atoms with Crippen LogP contribution in [0.5, 0.6) is 5.88 Å². The van der Waals surface area contributed by atoms with Crippen molar-refractivity contribution in [3.05, 3.63) is 73.2 Å². The minimum absolute atomic E-state index is 0.0266. The van der Waals surface area contributed by atoms with Gasteiger partial charge < -0.3 is 20.3 Å². The second-order valence-electron chi connectivity index (χ2n) is 14.3. The maximum Gasteiger partial charge on any atom is 0.272 e. The van der Waals surface area contributed by atoms with E-state index in [4.69, 9.17) is 4.74 Å². The summed E-state index contributed by atoms with van der Waals surface area (Å²) in [7, 11) is -3.90. The van der Waals surface area contributed by atoms with E-state index in [-0.39, 0.29) is 31.0 Å². The molecule has 8 rings (SSSR count). The molecule has 2 aliphatic heterocycles. The quantitative estimate of drug-likeness (QED) is 0.183. The highest BCUT2D eigenvalue weighted by Gasteiger charge is 2.62. The maximum absolute atomic E-state index is 14.6. The van der Waals surface area contributed by atoms with E-state index in [2.05, 4.69) is 40.3 Å². The van der Waals surface area contributed by atoms with Crippen molar-refractivity contribution in [3.63, 3.8) is 0 Å². The Balaban J connectivity index is 1.12. The molecule has 0 spiro atoms. The molecule has 0 radical (unpaired) electrons. The van der Waals surface area contributed by atoms with Gasteiger partial charge in [-0.05, 0) is 50.0 Å². The van der Waals surface area contributed by atoms with E-state index in [9.17, 15) is 27.6 Å². The third-order valence-corrected chi connectivity index (χ3v) is 12.4. The fourth-order valence-corrected chi connectivity index (χ4v) is 8.77. The standard InChI is InChI=1S/C37H39N9O7S/c47-32(29-19-38-14-15-40-29)42-28-11-5-3-1-2-4-8-22-17-37(22,36(50)45-54(51,52)24-12-13-24)44-33(48)30-16-23(20-46(30)35(28)49)53-34-26-10-7-6-9-25(26)27-18-39-21-41-31(27)43-34/h4,6-10,14-15,18-19,21-24,28,30H,1-3,5,11-13,16-17,20H2,(H,42,47)(H,44,48)(H,45,50)/b8-4-/t22-,23-,28+,30+,37-/m1/s1. The van der Waals surface area contributed by atoms with Gasteiger partial charge in [-0.3, -0.25) is 28.9 Å². The molecular formula is C37H39N9O7S. The molecule has 280 valence electrons. The van der Waals surface area contributed by atoms with Gasteiger partial charge in [-0.25, -0.2) is 23.4 Å². The van der Waals surface area contributed by atoms with E-state index in [0.717, 1.165) is 23.6 Å². The molecule has 0 unspecified atom stereocenters. The summed E-state index contributed by atoms with van der Waals surface area (Å²) in [6.07, 6.45) is 14.6. The zero-order valence-electron chi connectivity index (χ0n) is 29.3. The van der Waals surface area contributed by atoms with E-state index >= 15 is 0 Å². The van der Waals surface area contributed by atoms with Gasteiger partial charge in [0.05, 0.1) is 18.0 Å². The summed E-state index contributed by atoms with van der Waals surface area (Å²) in [5, 5.41) is 7.30. The lowest BCUT2D eigenvalue weighted by molar-refractivity contribution is -0.141. The van der Waals surface area contributed by atoms with E-state index in [1.807, 2.05) is 36.4 Å². The number of ether oxygens (including phenoxy) is 1. The SMILES string of the molecule is O=C(N[C@H]1CCCCC/C=C\[C@@H]2C[C@@]2(C(=O)NS(=O)(=O)C2CC2)NC(=O)[C@@H]2C[C@@H](Oc3nc4ncncc4c4ccccc34)CN2C1=O)c1cnccn1. The number of hydrogen-bond acceptors (Lipinski definition) is 12. The molecule has 3 N–H and O–H groups in total. The molecular weight excluding hydrogens is 715 g/mol. The van der Waals surface area contributed by atoms with Crippen LogP contribution in [0.1, 0.15) is 68.3 Å². The number of amides is 4. The van der Waals surface area contributed by atoms with E-state index in [0.29, 0.717) is 43.1 Å². The van der Waals surface area contributed by atoms with Crippen molar-refractivity contribution in [2.75, 3.05) is 6.54 Å². The Hall–Kier alpha value is -5.58. The van der Waals surface area contributed by atoms with Crippen molar-refractivity contribution < 1.29 is 32.3 Å². The number of carbonyl (C=O) groups excluding carboxylic acids is 4. The molecule has 16 nitrogen and oxygen atoms in total. The van der Waals surface area contributed by atoms with Gasteiger partial charge in [0.1, 0.15) is 35.7 Å². The number of hydrogen-bond donors (Lipinski definition) is 3. The number of allylic oxidation sites excluding steroid dienone is 1. The van der Waals surface area contributed by atoms with Gasteiger partial charge in [0, 0.05) is 41.7 Å². The normalized spacial score (nSPS) is 26.8. The van der Waals surface area contributed by atoms with Crippen LogP contribution in [0, 0.1) is 5.92 Å². The first-order valence-corrected chi connectivity index (χ1v) is 19.7. The van der Waals surface area contributed by atoms with Crippen molar-refractivity contribution >= 4 is 55.5 Å². The Labute approximate surface area is 310 Å². The van der Waals surface area contributed by atoms with E-state index < -0.39 is 68.5 Å². The minimum Gasteiger partial charge on any atom is -0.472 e. The van der Waals surface area contributed by atoms with Gasteiger partial charge >= 0.3 is 0 Å². The molecule has 2 aliphatic carbocycles. The van der Waals surface area contributed by atoms with Crippen LogP contribution in [0.15, 0.2) is 67.5 Å². The van der Waals surface area contributed by atoms with Crippen molar-refractivity contribution in [2.45, 2.75) is 86.8 Å². The summed E-state index contributed by atoms with van der Waals surface area (Å²) >= 11 is 0. The zero-order valence-corrected chi connectivity index (χ0v) is 30.1. The van der Waals surface area contributed by atoms with Crippen LogP contribution in [0.2, 0.25) is 0 Å². The number of carbonyl (C=O) groups is 4. The summed E-state index contributed by atoms with van der Waals surface area (Å²) in [5.41, 5.74) is -1.07. The first kappa shape index (κ1) is 35.4. The predicted molar refractivity (Wildman–Crippen MR) is 194 cm³/mol. The van der Waals surface area contributed by atoms with Crippen molar-refractivity contribution in [1.82, 2.24) is 45.2 Å². The van der Waals surface area contributed by atoms with Gasteiger partial charge in [-0.1, -0.05) is 43.2 Å². The van der Waals surface area contributed by atoms with Crippen LogP contribution in [0.3, 0.4) is 0 Å². The number of nitrogens with one attached hydrogen (secondary N) is 3.